The van der Waals surface area contributed by atoms with Crippen molar-refractivity contribution < 1.29 is 9.53 Å². The monoisotopic (exact) mass is 337 g/mol. The van der Waals surface area contributed by atoms with Crippen LogP contribution in [0.2, 0.25) is 0 Å². The third-order valence-electron chi connectivity index (χ3n) is 3.38. The van der Waals surface area contributed by atoms with E-state index >= 15 is 0 Å². The van der Waals surface area contributed by atoms with Crippen molar-refractivity contribution in [2.75, 3.05) is 5.32 Å². The minimum absolute atomic E-state index is 0.0405. The summed E-state index contributed by atoms with van der Waals surface area (Å²) < 4.78 is 7.28. The molecule has 1 N–H and O–H groups in total. The lowest BCUT2D eigenvalue weighted by molar-refractivity contribution is -0.123. The van der Waals surface area contributed by atoms with Crippen LogP contribution in [0.15, 0.2) is 54.9 Å². The predicted octanol–water partition coefficient (Wildman–Crippen LogP) is 3.44. The standard InChI is InChI=1S/C18H19N5O2/c1-18(2,3)17(24)20-13-5-7-14(8-6-13)25-16-10-9-15(21-22-16)23-12-4-11-19-23/h4-12H,1-3H3,(H,20,24). The Balaban J connectivity index is 1.64. The van der Waals surface area contributed by atoms with Gasteiger partial charge in [-0.15, -0.1) is 10.2 Å². The molecule has 1 aromatic carbocycles. The maximum atomic E-state index is 12.0. The number of hydrogen-bond acceptors (Lipinski definition) is 5. The van der Waals surface area contributed by atoms with E-state index in [0.29, 0.717) is 23.1 Å². The lowest BCUT2D eigenvalue weighted by Crippen LogP contribution is -2.27. The molecule has 7 heteroatoms. The molecule has 0 radical (unpaired) electrons. The first-order valence-electron chi connectivity index (χ1n) is 7.85. The fraction of sp³-hybridized carbons (Fsp3) is 0.222. The van der Waals surface area contributed by atoms with E-state index in [0.717, 1.165) is 0 Å². The first-order chi connectivity index (χ1) is 11.9. The van der Waals surface area contributed by atoms with Crippen molar-refractivity contribution in [2.24, 2.45) is 5.41 Å². The lowest BCUT2D eigenvalue weighted by atomic mass is 9.95. The summed E-state index contributed by atoms with van der Waals surface area (Å²) in [6.07, 6.45) is 3.46. The third kappa shape index (κ3) is 4.20. The van der Waals surface area contributed by atoms with E-state index in [1.807, 2.05) is 26.8 Å². The third-order valence-corrected chi connectivity index (χ3v) is 3.38. The maximum Gasteiger partial charge on any atom is 0.238 e. The molecule has 0 spiro atoms. The highest BCUT2D eigenvalue weighted by molar-refractivity contribution is 5.94. The molecular formula is C18H19N5O2. The van der Waals surface area contributed by atoms with Crippen LogP contribution in [0.3, 0.4) is 0 Å². The average molecular weight is 337 g/mol. The molecule has 0 aliphatic heterocycles. The Kier molecular flexibility index (Phi) is 4.47. The Hall–Kier alpha value is -3.22. The van der Waals surface area contributed by atoms with Gasteiger partial charge in [0.25, 0.3) is 0 Å². The number of rotatable bonds is 4. The van der Waals surface area contributed by atoms with E-state index in [1.54, 1.807) is 53.5 Å². The van der Waals surface area contributed by atoms with E-state index in [4.69, 9.17) is 4.74 Å². The van der Waals surface area contributed by atoms with Crippen LogP contribution < -0.4 is 10.1 Å². The molecule has 128 valence electrons. The van der Waals surface area contributed by atoms with E-state index in [2.05, 4.69) is 20.6 Å². The zero-order chi connectivity index (χ0) is 17.9. The molecule has 2 aromatic heterocycles. The number of carbonyl (C=O) groups excluding carboxylic acids is 1. The van der Waals surface area contributed by atoms with Crippen molar-refractivity contribution in [3.8, 4) is 17.4 Å². The van der Waals surface area contributed by atoms with Crippen LogP contribution in [0, 0.1) is 5.41 Å². The Morgan fingerprint density at radius 2 is 1.84 bits per heavy atom. The normalized spacial score (nSPS) is 11.2. The zero-order valence-electron chi connectivity index (χ0n) is 14.3. The van der Waals surface area contributed by atoms with Gasteiger partial charge in [0.1, 0.15) is 5.75 Å². The van der Waals surface area contributed by atoms with Gasteiger partial charge in [-0.1, -0.05) is 20.8 Å². The highest BCUT2D eigenvalue weighted by Gasteiger charge is 2.21. The minimum atomic E-state index is -0.443. The molecule has 0 aliphatic rings. The number of nitrogens with zero attached hydrogens (tertiary/aromatic N) is 4. The number of amides is 1. The van der Waals surface area contributed by atoms with Crippen molar-refractivity contribution in [1.29, 1.82) is 0 Å². The molecule has 3 rings (SSSR count). The van der Waals surface area contributed by atoms with Gasteiger partial charge in [-0.2, -0.15) is 5.10 Å². The number of aromatic nitrogens is 4. The van der Waals surface area contributed by atoms with Gasteiger partial charge in [-0.05, 0) is 36.4 Å². The molecule has 0 aliphatic carbocycles. The number of nitrogens with one attached hydrogen (secondary N) is 1. The van der Waals surface area contributed by atoms with Crippen molar-refractivity contribution in [1.82, 2.24) is 20.0 Å². The van der Waals surface area contributed by atoms with Crippen molar-refractivity contribution in [3.63, 3.8) is 0 Å². The second-order valence-electron chi connectivity index (χ2n) is 6.51. The lowest BCUT2D eigenvalue weighted by Gasteiger charge is -2.17. The molecule has 0 unspecified atom stereocenters. The topological polar surface area (TPSA) is 81.9 Å². The minimum Gasteiger partial charge on any atom is -0.438 e. The highest BCUT2D eigenvalue weighted by atomic mass is 16.5. The van der Waals surface area contributed by atoms with Crippen molar-refractivity contribution in [3.05, 3.63) is 54.9 Å². The molecule has 0 saturated heterocycles. The molecule has 3 aromatic rings. The quantitative estimate of drug-likeness (QED) is 0.788. The Labute approximate surface area is 145 Å². The first kappa shape index (κ1) is 16.6. The Morgan fingerprint density at radius 1 is 1.08 bits per heavy atom. The van der Waals surface area contributed by atoms with Crippen molar-refractivity contribution >= 4 is 11.6 Å². The van der Waals surface area contributed by atoms with Gasteiger partial charge >= 0.3 is 0 Å². The maximum absolute atomic E-state index is 12.0. The van der Waals surface area contributed by atoms with Crippen molar-refractivity contribution in [2.45, 2.75) is 20.8 Å². The SMILES string of the molecule is CC(C)(C)C(=O)Nc1ccc(Oc2ccc(-n3cccn3)nn2)cc1. The largest absolute Gasteiger partial charge is 0.438 e. The van der Waals surface area contributed by atoms with Crippen LogP contribution in [0.4, 0.5) is 5.69 Å². The van der Waals surface area contributed by atoms with Crippen LogP contribution in [-0.4, -0.2) is 25.9 Å². The molecule has 2 heterocycles. The summed E-state index contributed by atoms with van der Waals surface area (Å²) in [5, 5.41) is 15.1. The van der Waals surface area contributed by atoms with E-state index in [9.17, 15) is 4.79 Å². The Bertz CT molecular complexity index is 835. The van der Waals surface area contributed by atoms with Gasteiger partial charge in [-0.25, -0.2) is 4.68 Å². The predicted molar refractivity (Wildman–Crippen MR) is 93.8 cm³/mol. The van der Waals surface area contributed by atoms with Crippen LogP contribution in [-0.2, 0) is 4.79 Å². The zero-order valence-corrected chi connectivity index (χ0v) is 14.3. The second kappa shape index (κ2) is 6.72. The summed E-state index contributed by atoms with van der Waals surface area (Å²) in [4.78, 5) is 12.0. The van der Waals surface area contributed by atoms with Gasteiger partial charge < -0.3 is 10.1 Å². The van der Waals surface area contributed by atoms with Gasteiger partial charge in [-0.3, -0.25) is 4.79 Å². The number of benzene rings is 1. The summed E-state index contributed by atoms with van der Waals surface area (Å²) in [6.45, 7) is 5.60. The molecule has 25 heavy (non-hydrogen) atoms. The summed E-state index contributed by atoms with van der Waals surface area (Å²) in [6, 6.07) is 12.4. The number of hydrogen-bond donors (Lipinski definition) is 1. The van der Waals surface area contributed by atoms with Crippen LogP contribution in [0.1, 0.15) is 20.8 Å². The molecular weight excluding hydrogens is 318 g/mol. The van der Waals surface area contributed by atoms with Crippen LogP contribution in [0.5, 0.6) is 11.6 Å². The molecule has 7 nitrogen and oxygen atoms in total. The fourth-order valence-electron chi connectivity index (χ4n) is 1.94. The summed E-state index contributed by atoms with van der Waals surface area (Å²) >= 11 is 0. The number of ether oxygens (including phenoxy) is 1. The highest BCUT2D eigenvalue weighted by Crippen LogP contribution is 2.23. The van der Waals surface area contributed by atoms with Gasteiger partial charge in [0.15, 0.2) is 5.82 Å². The Morgan fingerprint density at radius 3 is 2.40 bits per heavy atom. The summed E-state index contributed by atoms with van der Waals surface area (Å²) in [5.41, 5.74) is 0.272. The summed E-state index contributed by atoms with van der Waals surface area (Å²) in [7, 11) is 0. The first-order valence-corrected chi connectivity index (χ1v) is 7.85. The second-order valence-corrected chi connectivity index (χ2v) is 6.51. The molecule has 0 bridgehead atoms. The van der Waals surface area contributed by atoms with Gasteiger partial charge in [0, 0.05) is 29.6 Å². The molecule has 0 fully saturated rings. The van der Waals surface area contributed by atoms with Gasteiger partial charge in [0.2, 0.25) is 11.8 Å². The van der Waals surface area contributed by atoms with Crippen LogP contribution >= 0.6 is 0 Å². The number of anilines is 1. The smallest absolute Gasteiger partial charge is 0.238 e. The average Bonchev–Trinajstić information content (AvgIpc) is 3.11. The van der Waals surface area contributed by atoms with E-state index in [1.165, 1.54) is 0 Å². The van der Waals surface area contributed by atoms with Gasteiger partial charge in [0.05, 0.1) is 0 Å². The molecule has 0 saturated carbocycles. The number of carbonyl (C=O) groups is 1. The van der Waals surface area contributed by atoms with E-state index in [-0.39, 0.29) is 5.91 Å². The fourth-order valence-corrected chi connectivity index (χ4v) is 1.94. The van der Waals surface area contributed by atoms with Crippen LogP contribution in [0.25, 0.3) is 5.82 Å². The van der Waals surface area contributed by atoms with E-state index < -0.39 is 5.41 Å². The molecule has 0 atom stereocenters. The summed E-state index contributed by atoms with van der Waals surface area (Å²) in [5.74, 6) is 1.55. The molecule has 1 amide bonds.